The Morgan fingerprint density at radius 3 is 2.75 bits per heavy atom. The van der Waals surface area contributed by atoms with E-state index in [0.717, 1.165) is 11.1 Å². The number of hydrogen-bond donors (Lipinski definition) is 1. The van der Waals surface area contributed by atoms with Gasteiger partial charge in [-0.3, -0.25) is 4.79 Å². The molecule has 0 aliphatic carbocycles. The molecule has 0 radical (unpaired) electrons. The summed E-state index contributed by atoms with van der Waals surface area (Å²) >= 11 is 11.6. The summed E-state index contributed by atoms with van der Waals surface area (Å²) in [4.78, 5) is 27.3. The molecule has 1 aromatic heterocycles. The lowest BCUT2D eigenvalue weighted by molar-refractivity contribution is -0.142. The van der Waals surface area contributed by atoms with Gasteiger partial charge in [-0.25, -0.2) is 9.78 Å². The van der Waals surface area contributed by atoms with E-state index in [0.29, 0.717) is 5.02 Å². The zero-order valence-corrected chi connectivity index (χ0v) is 14.3. The number of carbonyl (C=O) groups excluding carboxylic acids is 2. The number of nitrogens with one attached hydrogen (secondary N) is 1. The second-order valence-corrected chi connectivity index (χ2v) is 5.67. The summed E-state index contributed by atoms with van der Waals surface area (Å²) in [6.07, 6.45) is 4.25. The summed E-state index contributed by atoms with van der Waals surface area (Å²) in [5.41, 5.74) is 1.93. The van der Waals surface area contributed by atoms with Gasteiger partial charge in [0.2, 0.25) is 0 Å². The van der Waals surface area contributed by atoms with E-state index >= 15 is 0 Å². The predicted octanol–water partition coefficient (Wildman–Crippen LogP) is 3.89. The summed E-state index contributed by atoms with van der Waals surface area (Å²) in [5.74, 6) is -1.02. The minimum Gasteiger partial charge on any atom is -0.452 e. The molecule has 24 heavy (non-hydrogen) atoms. The molecule has 0 aliphatic heterocycles. The van der Waals surface area contributed by atoms with E-state index in [9.17, 15) is 9.59 Å². The lowest BCUT2D eigenvalue weighted by Crippen LogP contribution is -2.20. The highest BCUT2D eigenvalue weighted by Gasteiger charge is 2.09. The number of aryl methyl sites for hydroxylation is 1. The number of carbonyl (C=O) groups is 2. The molecule has 1 aromatic carbocycles. The van der Waals surface area contributed by atoms with E-state index in [-0.39, 0.29) is 10.8 Å². The molecule has 0 spiro atoms. The third-order valence-electron chi connectivity index (χ3n) is 3.00. The molecule has 2 rings (SSSR count). The Kier molecular flexibility index (Phi) is 6.35. The van der Waals surface area contributed by atoms with Gasteiger partial charge in [0.25, 0.3) is 5.91 Å². The Morgan fingerprint density at radius 2 is 2.04 bits per heavy atom. The van der Waals surface area contributed by atoms with Gasteiger partial charge in [-0.05, 0) is 30.2 Å². The van der Waals surface area contributed by atoms with Gasteiger partial charge in [0, 0.05) is 12.3 Å². The van der Waals surface area contributed by atoms with Gasteiger partial charge < -0.3 is 10.1 Å². The Bertz CT molecular complexity index is 791. The number of pyridine rings is 1. The van der Waals surface area contributed by atoms with Crippen molar-refractivity contribution in [3.8, 4) is 0 Å². The van der Waals surface area contributed by atoms with Crippen LogP contribution in [0, 0.1) is 6.92 Å². The van der Waals surface area contributed by atoms with Crippen molar-refractivity contribution in [2.24, 2.45) is 0 Å². The number of anilines is 1. The number of ether oxygens (including phenoxy) is 1. The number of esters is 1. The molecular weight excluding hydrogens is 351 g/mol. The third-order valence-corrected chi connectivity index (χ3v) is 3.49. The second kappa shape index (κ2) is 8.47. The molecule has 124 valence electrons. The van der Waals surface area contributed by atoms with Crippen molar-refractivity contribution in [2.45, 2.75) is 6.92 Å². The number of benzene rings is 1. The highest BCUT2D eigenvalue weighted by Crippen LogP contribution is 2.22. The Morgan fingerprint density at radius 1 is 1.29 bits per heavy atom. The van der Waals surface area contributed by atoms with Crippen LogP contribution < -0.4 is 5.32 Å². The molecule has 0 unspecified atom stereocenters. The molecule has 5 nitrogen and oxygen atoms in total. The number of halogens is 2. The smallest absolute Gasteiger partial charge is 0.331 e. The van der Waals surface area contributed by atoms with Gasteiger partial charge in [-0.2, -0.15) is 0 Å². The summed E-state index contributed by atoms with van der Waals surface area (Å²) in [7, 11) is 0. The molecule has 7 heteroatoms. The zero-order valence-electron chi connectivity index (χ0n) is 12.8. The van der Waals surface area contributed by atoms with Gasteiger partial charge in [-0.15, -0.1) is 0 Å². The van der Waals surface area contributed by atoms with Crippen molar-refractivity contribution in [1.82, 2.24) is 4.98 Å². The zero-order chi connectivity index (χ0) is 17.5. The van der Waals surface area contributed by atoms with Gasteiger partial charge in [-0.1, -0.05) is 47.5 Å². The van der Waals surface area contributed by atoms with Crippen LogP contribution in [0.1, 0.15) is 11.1 Å². The maximum absolute atomic E-state index is 11.7. The molecule has 1 N–H and O–H groups in total. The fourth-order valence-electron chi connectivity index (χ4n) is 1.79. The second-order valence-electron chi connectivity index (χ2n) is 4.83. The van der Waals surface area contributed by atoms with Crippen LogP contribution in [-0.4, -0.2) is 23.5 Å². The highest BCUT2D eigenvalue weighted by molar-refractivity contribution is 6.36. The van der Waals surface area contributed by atoms with Crippen molar-refractivity contribution in [3.63, 3.8) is 0 Å². The average Bonchev–Trinajstić information content (AvgIpc) is 2.55. The normalized spacial score (nSPS) is 10.6. The first-order valence-corrected chi connectivity index (χ1v) is 7.72. The first kappa shape index (κ1) is 18.0. The molecular formula is C17H14Cl2N2O3. The molecule has 0 bridgehead atoms. The standard InChI is InChI=1S/C17H14Cl2N2O3/c1-11-4-2-3-5-12(11)6-7-16(23)24-10-15(22)21-17-14(19)8-13(18)9-20-17/h2-9H,10H2,1H3,(H,20,21,22)/b7-6+. The van der Waals surface area contributed by atoms with Crippen LogP contribution in [-0.2, 0) is 14.3 Å². The van der Waals surface area contributed by atoms with Crippen LogP contribution in [0.25, 0.3) is 6.08 Å². The summed E-state index contributed by atoms with van der Waals surface area (Å²) in [6.45, 7) is 1.49. The van der Waals surface area contributed by atoms with E-state index in [1.54, 1.807) is 6.08 Å². The van der Waals surface area contributed by atoms with Gasteiger partial charge in [0.15, 0.2) is 12.4 Å². The summed E-state index contributed by atoms with van der Waals surface area (Å²) in [5, 5.41) is 2.98. The van der Waals surface area contributed by atoms with Gasteiger partial charge in [0.1, 0.15) is 0 Å². The maximum Gasteiger partial charge on any atom is 0.331 e. The quantitative estimate of drug-likeness (QED) is 0.645. The molecule has 0 saturated carbocycles. The van der Waals surface area contributed by atoms with Crippen LogP contribution in [0.4, 0.5) is 5.82 Å². The molecule has 1 heterocycles. The Balaban J connectivity index is 1.85. The first-order valence-electron chi connectivity index (χ1n) is 6.97. The minimum absolute atomic E-state index is 0.151. The number of rotatable bonds is 5. The van der Waals surface area contributed by atoms with E-state index in [1.807, 2.05) is 31.2 Å². The van der Waals surface area contributed by atoms with Crippen molar-refractivity contribution < 1.29 is 14.3 Å². The molecule has 1 amide bonds. The molecule has 2 aromatic rings. The third kappa shape index (κ3) is 5.37. The number of amides is 1. The largest absolute Gasteiger partial charge is 0.452 e. The van der Waals surface area contributed by atoms with Crippen molar-refractivity contribution in [2.75, 3.05) is 11.9 Å². The van der Waals surface area contributed by atoms with Gasteiger partial charge >= 0.3 is 5.97 Å². The number of aromatic nitrogens is 1. The first-order chi connectivity index (χ1) is 11.5. The summed E-state index contributed by atoms with van der Waals surface area (Å²) < 4.78 is 4.87. The van der Waals surface area contributed by atoms with Crippen LogP contribution in [0.2, 0.25) is 10.0 Å². The topological polar surface area (TPSA) is 68.3 Å². The Labute approximate surface area is 149 Å². The van der Waals surface area contributed by atoms with E-state index in [4.69, 9.17) is 27.9 Å². The van der Waals surface area contributed by atoms with E-state index in [1.165, 1.54) is 18.3 Å². The fraction of sp³-hybridized carbons (Fsp3) is 0.118. The highest BCUT2D eigenvalue weighted by atomic mass is 35.5. The van der Waals surface area contributed by atoms with Crippen LogP contribution in [0.3, 0.4) is 0 Å². The monoisotopic (exact) mass is 364 g/mol. The van der Waals surface area contributed by atoms with E-state index in [2.05, 4.69) is 10.3 Å². The number of hydrogen-bond acceptors (Lipinski definition) is 4. The van der Waals surface area contributed by atoms with E-state index < -0.39 is 18.5 Å². The van der Waals surface area contributed by atoms with Crippen LogP contribution >= 0.6 is 23.2 Å². The molecule has 0 saturated heterocycles. The maximum atomic E-state index is 11.7. The minimum atomic E-state index is -0.622. The van der Waals surface area contributed by atoms with Crippen LogP contribution in [0.15, 0.2) is 42.6 Å². The van der Waals surface area contributed by atoms with Crippen molar-refractivity contribution in [3.05, 3.63) is 63.8 Å². The summed E-state index contributed by atoms with van der Waals surface area (Å²) in [6, 6.07) is 9.03. The van der Waals surface area contributed by atoms with Gasteiger partial charge in [0.05, 0.1) is 10.0 Å². The number of nitrogens with zero attached hydrogens (tertiary/aromatic N) is 1. The van der Waals surface area contributed by atoms with Crippen molar-refractivity contribution in [1.29, 1.82) is 0 Å². The molecule has 0 atom stereocenters. The fourth-order valence-corrected chi connectivity index (χ4v) is 2.22. The molecule has 0 fully saturated rings. The van der Waals surface area contributed by atoms with Crippen LogP contribution in [0.5, 0.6) is 0 Å². The average molecular weight is 365 g/mol. The lowest BCUT2D eigenvalue weighted by Gasteiger charge is -2.06. The lowest BCUT2D eigenvalue weighted by atomic mass is 10.1. The SMILES string of the molecule is Cc1ccccc1/C=C/C(=O)OCC(=O)Nc1ncc(Cl)cc1Cl. The molecule has 0 aliphatic rings. The Hall–Kier alpha value is -2.37. The van der Waals surface area contributed by atoms with Crippen molar-refractivity contribution >= 4 is 47.0 Å². The predicted molar refractivity (Wildman–Crippen MR) is 94.1 cm³/mol.